The Balaban J connectivity index is 2.42. The summed E-state index contributed by atoms with van der Waals surface area (Å²) in [6.45, 7) is 0.698. The van der Waals surface area contributed by atoms with E-state index in [1.54, 1.807) is 7.05 Å². The number of benzene rings is 1. The topological polar surface area (TPSA) is 29.3 Å². The van der Waals surface area contributed by atoms with Crippen LogP contribution >= 0.6 is 0 Å². The predicted molar refractivity (Wildman–Crippen MR) is 59.4 cm³/mol. The van der Waals surface area contributed by atoms with Crippen molar-refractivity contribution in [2.45, 2.75) is 24.7 Å². The second-order valence-electron chi connectivity index (χ2n) is 4.65. The Morgan fingerprint density at radius 2 is 1.94 bits per heavy atom. The summed E-state index contributed by atoms with van der Waals surface area (Å²) >= 11 is 0. The molecule has 0 amide bonds. The fraction of sp³-hybridized carbons (Fsp3) is 0.500. The zero-order chi connectivity index (χ0) is 13.5. The van der Waals surface area contributed by atoms with Crippen molar-refractivity contribution in [2.24, 2.45) is 5.73 Å². The highest BCUT2D eigenvalue weighted by Crippen LogP contribution is 2.35. The van der Waals surface area contributed by atoms with E-state index >= 15 is 0 Å². The van der Waals surface area contributed by atoms with Gasteiger partial charge in [-0.05, 0) is 37.2 Å². The highest BCUT2D eigenvalue weighted by molar-refractivity contribution is 5.30. The normalized spacial score (nSPS) is 25.7. The molecular formula is C12H14F4N2. The smallest absolute Gasteiger partial charge is 0.326 e. The Hall–Kier alpha value is -1.14. The van der Waals surface area contributed by atoms with Gasteiger partial charge in [0, 0.05) is 18.6 Å². The number of alkyl halides is 3. The third-order valence-corrected chi connectivity index (χ3v) is 3.28. The molecule has 6 heteroatoms. The predicted octanol–water partition coefficient (Wildman–Crippen LogP) is 2.55. The molecule has 1 fully saturated rings. The minimum atomic E-state index is -4.54. The van der Waals surface area contributed by atoms with Crippen LogP contribution in [0.15, 0.2) is 18.2 Å². The van der Waals surface area contributed by atoms with Crippen molar-refractivity contribution >= 4 is 0 Å². The van der Waals surface area contributed by atoms with Gasteiger partial charge in [-0.1, -0.05) is 0 Å². The van der Waals surface area contributed by atoms with Crippen LogP contribution in [0.3, 0.4) is 0 Å². The van der Waals surface area contributed by atoms with E-state index in [9.17, 15) is 17.6 Å². The molecule has 100 valence electrons. The van der Waals surface area contributed by atoms with Crippen molar-refractivity contribution in [3.05, 3.63) is 35.1 Å². The first-order valence-electron chi connectivity index (χ1n) is 5.62. The first-order chi connectivity index (χ1) is 8.29. The van der Waals surface area contributed by atoms with Gasteiger partial charge >= 0.3 is 6.18 Å². The third-order valence-electron chi connectivity index (χ3n) is 3.28. The molecule has 2 N–H and O–H groups in total. The summed E-state index contributed by atoms with van der Waals surface area (Å²) in [5.41, 5.74) is 5.18. The SMILES string of the molecule is CN1CCC(N)C1c1cc(F)cc(C(F)(F)F)c1. The summed E-state index contributed by atoms with van der Waals surface area (Å²) < 4.78 is 51.2. The molecule has 1 heterocycles. The average Bonchev–Trinajstić information content (AvgIpc) is 2.56. The van der Waals surface area contributed by atoms with Crippen molar-refractivity contribution in [3.8, 4) is 0 Å². The van der Waals surface area contributed by atoms with E-state index in [1.807, 2.05) is 4.90 Å². The molecule has 0 bridgehead atoms. The van der Waals surface area contributed by atoms with Crippen molar-refractivity contribution < 1.29 is 17.6 Å². The molecule has 2 rings (SSSR count). The van der Waals surface area contributed by atoms with Gasteiger partial charge in [-0.15, -0.1) is 0 Å². The van der Waals surface area contributed by atoms with E-state index in [4.69, 9.17) is 5.73 Å². The van der Waals surface area contributed by atoms with Gasteiger partial charge in [0.1, 0.15) is 5.82 Å². The Labute approximate surface area is 102 Å². The molecule has 0 spiro atoms. The molecule has 0 aromatic heterocycles. The summed E-state index contributed by atoms with van der Waals surface area (Å²) in [5, 5.41) is 0. The van der Waals surface area contributed by atoms with Crippen LogP contribution in [-0.2, 0) is 6.18 Å². The van der Waals surface area contributed by atoms with Gasteiger partial charge in [-0.3, -0.25) is 4.90 Å². The number of halogens is 4. The molecule has 2 unspecified atom stereocenters. The number of hydrogen-bond donors (Lipinski definition) is 1. The van der Waals surface area contributed by atoms with Crippen molar-refractivity contribution in [3.63, 3.8) is 0 Å². The van der Waals surface area contributed by atoms with Crippen LogP contribution in [-0.4, -0.2) is 24.5 Å². The van der Waals surface area contributed by atoms with Gasteiger partial charge in [-0.25, -0.2) is 4.39 Å². The minimum Gasteiger partial charge on any atom is -0.326 e. The van der Waals surface area contributed by atoms with Gasteiger partial charge in [-0.2, -0.15) is 13.2 Å². The highest BCUT2D eigenvalue weighted by Gasteiger charge is 2.35. The average molecular weight is 262 g/mol. The Kier molecular flexibility index (Phi) is 3.33. The highest BCUT2D eigenvalue weighted by atomic mass is 19.4. The van der Waals surface area contributed by atoms with E-state index in [1.165, 1.54) is 0 Å². The van der Waals surface area contributed by atoms with Crippen LogP contribution in [0.4, 0.5) is 17.6 Å². The number of likely N-dealkylation sites (N-methyl/N-ethyl adjacent to an activating group) is 1. The standard InChI is InChI=1S/C12H14F4N2/c1-18-3-2-10(17)11(18)7-4-8(12(14,15)16)6-9(13)5-7/h4-6,10-11H,2-3,17H2,1H3. The largest absolute Gasteiger partial charge is 0.416 e. The summed E-state index contributed by atoms with van der Waals surface area (Å²) in [7, 11) is 1.77. The van der Waals surface area contributed by atoms with Crippen LogP contribution < -0.4 is 5.73 Å². The van der Waals surface area contributed by atoms with Crippen molar-refractivity contribution in [1.29, 1.82) is 0 Å². The maximum absolute atomic E-state index is 13.3. The lowest BCUT2D eigenvalue weighted by Gasteiger charge is -2.24. The van der Waals surface area contributed by atoms with Crippen molar-refractivity contribution in [1.82, 2.24) is 4.90 Å². The summed E-state index contributed by atoms with van der Waals surface area (Å²) in [6, 6.07) is 1.99. The third kappa shape index (κ3) is 2.49. The second kappa shape index (κ2) is 4.51. The lowest BCUT2D eigenvalue weighted by Crippen LogP contribution is -2.29. The van der Waals surface area contributed by atoms with Crippen LogP contribution in [0.25, 0.3) is 0 Å². The fourth-order valence-corrected chi connectivity index (χ4v) is 2.42. The number of nitrogens with zero attached hydrogens (tertiary/aromatic N) is 1. The molecule has 0 aliphatic carbocycles. The number of likely N-dealkylation sites (tertiary alicyclic amines) is 1. The van der Waals surface area contributed by atoms with Gasteiger partial charge in [0.2, 0.25) is 0 Å². The van der Waals surface area contributed by atoms with Crippen LogP contribution in [0, 0.1) is 5.82 Å². The minimum absolute atomic E-state index is 0.266. The molecule has 1 aliphatic rings. The molecule has 1 aliphatic heterocycles. The van der Waals surface area contributed by atoms with Gasteiger partial charge in [0.05, 0.1) is 5.56 Å². The van der Waals surface area contributed by atoms with E-state index in [0.29, 0.717) is 19.0 Å². The lowest BCUT2D eigenvalue weighted by molar-refractivity contribution is -0.137. The van der Waals surface area contributed by atoms with Crippen LogP contribution in [0.2, 0.25) is 0 Å². The molecule has 18 heavy (non-hydrogen) atoms. The zero-order valence-electron chi connectivity index (χ0n) is 9.84. The maximum Gasteiger partial charge on any atom is 0.416 e. The number of rotatable bonds is 1. The van der Waals surface area contributed by atoms with Gasteiger partial charge < -0.3 is 5.73 Å². The summed E-state index contributed by atoms with van der Waals surface area (Å²) in [4.78, 5) is 1.85. The Bertz CT molecular complexity index is 434. The van der Waals surface area contributed by atoms with Crippen LogP contribution in [0.5, 0.6) is 0 Å². The fourth-order valence-electron chi connectivity index (χ4n) is 2.42. The quantitative estimate of drug-likeness (QED) is 0.788. The molecule has 2 atom stereocenters. The molecule has 0 radical (unpaired) electrons. The lowest BCUT2D eigenvalue weighted by atomic mass is 9.98. The molecule has 2 nitrogen and oxygen atoms in total. The first kappa shape index (κ1) is 13.3. The number of nitrogens with two attached hydrogens (primary N) is 1. The molecule has 1 aromatic carbocycles. The molecular weight excluding hydrogens is 248 g/mol. The monoisotopic (exact) mass is 262 g/mol. The Morgan fingerprint density at radius 3 is 2.44 bits per heavy atom. The van der Waals surface area contributed by atoms with E-state index < -0.39 is 17.6 Å². The summed E-state index contributed by atoms with van der Waals surface area (Å²) in [6.07, 6.45) is -3.85. The first-order valence-corrected chi connectivity index (χ1v) is 5.62. The van der Waals surface area contributed by atoms with Crippen molar-refractivity contribution in [2.75, 3.05) is 13.6 Å². The van der Waals surface area contributed by atoms with Crippen LogP contribution in [0.1, 0.15) is 23.6 Å². The second-order valence-corrected chi connectivity index (χ2v) is 4.65. The zero-order valence-corrected chi connectivity index (χ0v) is 9.84. The van der Waals surface area contributed by atoms with E-state index in [0.717, 1.165) is 12.1 Å². The van der Waals surface area contributed by atoms with Gasteiger partial charge in [0.25, 0.3) is 0 Å². The maximum atomic E-state index is 13.3. The van der Waals surface area contributed by atoms with E-state index in [-0.39, 0.29) is 17.6 Å². The summed E-state index contributed by atoms with van der Waals surface area (Å²) in [5.74, 6) is -0.882. The molecule has 1 saturated heterocycles. The van der Waals surface area contributed by atoms with Gasteiger partial charge in [0.15, 0.2) is 0 Å². The number of hydrogen-bond acceptors (Lipinski definition) is 2. The molecule has 1 aromatic rings. The van der Waals surface area contributed by atoms with E-state index in [2.05, 4.69) is 0 Å². The Morgan fingerprint density at radius 1 is 1.28 bits per heavy atom. The molecule has 0 saturated carbocycles.